The van der Waals surface area contributed by atoms with Gasteiger partial charge < -0.3 is 11.1 Å². The van der Waals surface area contributed by atoms with Crippen molar-refractivity contribution in [3.8, 4) is 0 Å². The second-order valence-electron chi connectivity index (χ2n) is 3.70. The van der Waals surface area contributed by atoms with Crippen LogP contribution in [0.25, 0.3) is 0 Å². The first-order valence-corrected chi connectivity index (χ1v) is 4.24. The molecule has 3 N–H and O–H groups in total. The quantitative estimate of drug-likeness (QED) is 0.574. The van der Waals surface area contributed by atoms with Crippen LogP contribution in [0.2, 0.25) is 0 Å². The van der Waals surface area contributed by atoms with Crippen LogP contribution in [-0.2, 0) is 0 Å². The highest BCUT2D eigenvalue weighted by atomic mass is 14.9. The van der Waals surface area contributed by atoms with Crippen LogP contribution in [0.15, 0.2) is 0 Å². The number of hydrogen-bond donors (Lipinski definition) is 2. The average Bonchev–Trinajstić information content (AvgIpc) is 1.93. The van der Waals surface area contributed by atoms with Gasteiger partial charge in [0.1, 0.15) is 0 Å². The lowest BCUT2D eigenvalue weighted by atomic mass is 9.50. The van der Waals surface area contributed by atoms with Crippen molar-refractivity contribution in [3.05, 3.63) is 0 Å². The van der Waals surface area contributed by atoms with Crippen molar-refractivity contribution in [1.82, 2.24) is 5.32 Å². The van der Waals surface area contributed by atoms with Crippen LogP contribution in [-0.4, -0.2) is 19.6 Å². The van der Waals surface area contributed by atoms with E-state index in [1.807, 2.05) is 0 Å². The van der Waals surface area contributed by atoms with Gasteiger partial charge in [-0.2, -0.15) is 0 Å². The van der Waals surface area contributed by atoms with Gasteiger partial charge in [-0.15, -0.1) is 0 Å². The maximum absolute atomic E-state index is 5.61. The van der Waals surface area contributed by atoms with E-state index in [-0.39, 0.29) is 0 Å². The molecule has 0 aromatic carbocycles. The molecule has 2 heteroatoms. The third kappa shape index (κ3) is 0.663. The van der Waals surface area contributed by atoms with Gasteiger partial charge in [-0.05, 0) is 44.2 Å². The second kappa shape index (κ2) is 2.21. The smallest absolute Gasteiger partial charge is 0.0101 e. The minimum absolute atomic E-state index is 0.798. The van der Waals surface area contributed by atoms with Crippen molar-refractivity contribution in [2.45, 2.75) is 18.9 Å². The Morgan fingerprint density at radius 3 is 2.80 bits per heavy atom. The number of nitrogens with two attached hydrogens (primary N) is 1. The Kier molecular flexibility index (Phi) is 1.46. The summed E-state index contributed by atoms with van der Waals surface area (Å²) in [7, 11) is 2.06. The summed E-state index contributed by atoms with van der Waals surface area (Å²) >= 11 is 0. The van der Waals surface area contributed by atoms with Crippen LogP contribution >= 0.6 is 0 Å². The third-order valence-electron chi connectivity index (χ3n) is 3.39. The summed E-state index contributed by atoms with van der Waals surface area (Å²) in [5, 5.41) is 3.34. The number of rotatable bonds is 2. The Morgan fingerprint density at radius 2 is 2.30 bits per heavy atom. The van der Waals surface area contributed by atoms with Crippen LogP contribution < -0.4 is 11.1 Å². The summed E-state index contributed by atoms with van der Waals surface area (Å²) in [5.41, 5.74) is 5.61. The minimum Gasteiger partial charge on any atom is -0.330 e. The molecule has 58 valence electrons. The SMILES string of the molecule is CNC1CC2CC(CN)C21. The Morgan fingerprint density at radius 1 is 1.50 bits per heavy atom. The zero-order chi connectivity index (χ0) is 7.14. The number of hydrogen-bond acceptors (Lipinski definition) is 2. The van der Waals surface area contributed by atoms with Gasteiger partial charge in [-0.25, -0.2) is 0 Å². The molecule has 0 radical (unpaired) electrons. The molecule has 2 aliphatic carbocycles. The third-order valence-corrected chi connectivity index (χ3v) is 3.39. The fourth-order valence-electron chi connectivity index (χ4n) is 2.65. The molecule has 2 nitrogen and oxygen atoms in total. The fraction of sp³-hybridized carbons (Fsp3) is 1.00. The van der Waals surface area contributed by atoms with E-state index in [1.165, 1.54) is 12.8 Å². The molecule has 2 fully saturated rings. The lowest BCUT2D eigenvalue weighted by Crippen LogP contribution is -2.61. The molecule has 2 saturated carbocycles. The van der Waals surface area contributed by atoms with Gasteiger partial charge in [0.05, 0.1) is 0 Å². The standard InChI is InChI=1S/C8H16N2/c1-10-7-3-5-2-6(4-9)8(5)7/h5-8,10H,2-4,9H2,1H3. The van der Waals surface area contributed by atoms with E-state index >= 15 is 0 Å². The van der Waals surface area contributed by atoms with Gasteiger partial charge in [0, 0.05) is 6.04 Å². The van der Waals surface area contributed by atoms with Crippen molar-refractivity contribution in [2.24, 2.45) is 23.5 Å². The molecular formula is C8H16N2. The molecule has 0 amide bonds. The van der Waals surface area contributed by atoms with Gasteiger partial charge in [0.25, 0.3) is 0 Å². The molecule has 0 aliphatic heterocycles. The zero-order valence-corrected chi connectivity index (χ0v) is 6.51. The largest absolute Gasteiger partial charge is 0.330 e. The van der Waals surface area contributed by atoms with E-state index in [1.54, 1.807) is 0 Å². The molecule has 4 atom stereocenters. The normalized spacial score (nSPS) is 51.0. The number of fused-ring (bicyclic) bond motifs is 1. The molecular weight excluding hydrogens is 124 g/mol. The first kappa shape index (κ1) is 6.62. The van der Waals surface area contributed by atoms with Crippen LogP contribution in [0.3, 0.4) is 0 Å². The molecule has 10 heavy (non-hydrogen) atoms. The van der Waals surface area contributed by atoms with Crippen LogP contribution in [0.5, 0.6) is 0 Å². The molecule has 0 heterocycles. The van der Waals surface area contributed by atoms with E-state index in [4.69, 9.17) is 5.73 Å². The maximum Gasteiger partial charge on any atom is 0.0101 e. The Balaban J connectivity index is 1.88. The van der Waals surface area contributed by atoms with Crippen LogP contribution in [0, 0.1) is 17.8 Å². The van der Waals surface area contributed by atoms with Crippen LogP contribution in [0.4, 0.5) is 0 Å². The van der Waals surface area contributed by atoms with Crippen molar-refractivity contribution in [2.75, 3.05) is 13.6 Å². The van der Waals surface area contributed by atoms with E-state index in [9.17, 15) is 0 Å². The van der Waals surface area contributed by atoms with E-state index in [0.717, 1.165) is 30.3 Å². The molecule has 0 aromatic heterocycles. The topological polar surface area (TPSA) is 38.0 Å². The Bertz CT molecular complexity index is 121. The lowest BCUT2D eigenvalue weighted by Gasteiger charge is -2.58. The van der Waals surface area contributed by atoms with Crippen molar-refractivity contribution in [3.63, 3.8) is 0 Å². The van der Waals surface area contributed by atoms with E-state index in [0.29, 0.717) is 0 Å². The Labute approximate surface area is 62.2 Å². The molecule has 0 spiro atoms. The summed E-state index contributed by atoms with van der Waals surface area (Å²) in [6.45, 7) is 0.902. The fourth-order valence-corrected chi connectivity index (χ4v) is 2.65. The highest BCUT2D eigenvalue weighted by Crippen LogP contribution is 2.53. The van der Waals surface area contributed by atoms with Crippen molar-refractivity contribution >= 4 is 0 Å². The van der Waals surface area contributed by atoms with E-state index < -0.39 is 0 Å². The summed E-state index contributed by atoms with van der Waals surface area (Å²) in [4.78, 5) is 0. The van der Waals surface area contributed by atoms with Gasteiger partial charge in [-0.1, -0.05) is 0 Å². The molecule has 0 aromatic rings. The maximum atomic E-state index is 5.61. The Hall–Kier alpha value is -0.0800. The molecule has 2 rings (SSSR count). The summed E-state index contributed by atoms with van der Waals surface area (Å²) in [6, 6.07) is 0.798. The van der Waals surface area contributed by atoms with Gasteiger partial charge >= 0.3 is 0 Å². The van der Waals surface area contributed by atoms with Gasteiger partial charge in [0.15, 0.2) is 0 Å². The first-order valence-electron chi connectivity index (χ1n) is 4.24. The predicted molar refractivity (Wildman–Crippen MR) is 41.6 cm³/mol. The minimum atomic E-state index is 0.798. The highest BCUT2D eigenvalue weighted by molar-refractivity contribution is 5.05. The van der Waals surface area contributed by atoms with Gasteiger partial charge in [-0.3, -0.25) is 0 Å². The van der Waals surface area contributed by atoms with Gasteiger partial charge in [0.2, 0.25) is 0 Å². The highest BCUT2D eigenvalue weighted by Gasteiger charge is 2.52. The summed E-state index contributed by atoms with van der Waals surface area (Å²) in [5.74, 6) is 2.82. The molecule has 0 bridgehead atoms. The zero-order valence-electron chi connectivity index (χ0n) is 6.51. The van der Waals surface area contributed by atoms with Crippen molar-refractivity contribution < 1.29 is 0 Å². The number of nitrogens with one attached hydrogen (secondary N) is 1. The first-order chi connectivity index (χ1) is 4.86. The van der Waals surface area contributed by atoms with Crippen LogP contribution in [0.1, 0.15) is 12.8 Å². The summed E-state index contributed by atoms with van der Waals surface area (Å²) in [6.07, 6.45) is 2.80. The lowest BCUT2D eigenvalue weighted by molar-refractivity contribution is -0.0546. The van der Waals surface area contributed by atoms with Crippen molar-refractivity contribution in [1.29, 1.82) is 0 Å². The average molecular weight is 140 g/mol. The summed E-state index contributed by atoms with van der Waals surface area (Å²) < 4.78 is 0. The van der Waals surface area contributed by atoms with E-state index in [2.05, 4.69) is 12.4 Å². The predicted octanol–water partition coefficient (Wildman–Crippen LogP) is 0.189. The molecule has 0 saturated heterocycles. The molecule has 4 unspecified atom stereocenters. The molecule has 2 aliphatic rings. The second-order valence-corrected chi connectivity index (χ2v) is 3.70. The monoisotopic (exact) mass is 140 g/mol.